The van der Waals surface area contributed by atoms with Gasteiger partial charge in [-0.05, 0) is 61.2 Å². The van der Waals surface area contributed by atoms with E-state index in [-0.39, 0.29) is 44.8 Å². The van der Waals surface area contributed by atoms with Gasteiger partial charge in [0, 0.05) is 37.8 Å². The molecule has 12 unspecified atom stereocenters. The van der Waals surface area contributed by atoms with Crippen molar-refractivity contribution in [2.45, 2.75) is 210 Å². The second-order valence-electron chi connectivity index (χ2n) is 20.9. The van der Waals surface area contributed by atoms with E-state index in [0.29, 0.717) is 12.8 Å². The predicted molar refractivity (Wildman–Crippen MR) is 263 cm³/mol. The van der Waals surface area contributed by atoms with Crippen LogP contribution in [0.2, 0.25) is 0 Å². The van der Waals surface area contributed by atoms with Crippen molar-refractivity contribution in [1.29, 1.82) is 5.41 Å². The summed E-state index contributed by atoms with van der Waals surface area (Å²) in [5.74, 6) is -1.18. The highest BCUT2D eigenvalue weighted by atomic mass is 16.8. The van der Waals surface area contributed by atoms with Crippen molar-refractivity contribution in [2.24, 2.45) is 33.7 Å². The molecule has 0 aromatic rings. The lowest BCUT2D eigenvalue weighted by molar-refractivity contribution is -0.316. The molecule has 6 fully saturated rings. The number of nitrogens with zero attached hydrogens (tertiary/aromatic N) is 1. The van der Waals surface area contributed by atoms with E-state index in [1.165, 1.54) is 20.9 Å². The number of aliphatic hydroxyl groups is 10. The molecule has 436 valence electrons. The third-order valence-corrected chi connectivity index (χ3v) is 15.6. The summed E-state index contributed by atoms with van der Waals surface area (Å²) in [5, 5.41) is 138. The summed E-state index contributed by atoms with van der Waals surface area (Å²) < 4.78 is 49.7. The summed E-state index contributed by atoms with van der Waals surface area (Å²) in [6, 6.07) is -7.02. The van der Waals surface area contributed by atoms with Gasteiger partial charge in [0.05, 0.1) is 49.6 Å². The average molecular weight is 1090 g/mol. The maximum Gasteiger partial charge on any atom is 0.187 e. The van der Waals surface area contributed by atoms with Crippen LogP contribution in [0.4, 0.5) is 0 Å². The van der Waals surface area contributed by atoms with Gasteiger partial charge in [0.15, 0.2) is 37.1 Å². The number of aliphatic hydroxyl groups excluding tert-OH is 8. The maximum absolute atomic E-state index is 12.6. The standard InChI is InChI=1S/C44H87N13O18/c1-15(51-4)20-8-7-19(37(70-20)72-32-17(45)11-18(46)33(30(32)64)73-39-31(65)35(53-6)43(3,66)14-68-39)55-10-9-54-13-44(67)16(2)69-40(36(44)75-38-24(52-5)28(62)25(59)21(12-58)71-38)74-34-23(57-42(49)50)26(60)22(56-41(47)48)27(61)29(34)63/h15-40,51-55,58-67H,7-14,45-46H2,1-6H3,(H4,47,48,56)(H4,49,50,57)/t15?,16-,17-,18+,19?,20-,21?,22?,23-,24?,25-,26?,27-,28+,29-,30-,31+,32?,33?,34?,35+,36?,37?,38-,39?,40-,43-,44-/m0/s1. The Hall–Kier alpha value is -2.46. The lowest BCUT2D eigenvalue weighted by atomic mass is 9.81. The molecule has 0 aromatic carbocycles. The SMILES string of the molecule is CNC(C)[C@@H]1CCC(NCCNC[C@@]2(O)C(O[C@@H]3OC(CO)[C@H](O)[C@H](O)C3NC)[C@H](OC3[C@@H](N=C(N)N)C(O)C(NC(=N)N)[C@H](O)[C@@H]3O)O[C@H]2C)C(OC2[C@H](O)C(OC3OC[C@](C)(O)[C@H](NC)[C@H]3O)[C@H](N)C[C@@H]2N)O1. The van der Waals surface area contributed by atoms with Gasteiger partial charge in [-0.2, -0.15) is 0 Å². The van der Waals surface area contributed by atoms with Crippen molar-refractivity contribution in [1.82, 2.24) is 31.9 Å². The van der Waals surface area contributed by atoms with Crippen LogP contribution in [0.1, 0.15) is 40.0 Å². The summed E-state index contributed by atoms with van der Waals surface area (Å²) in [7, 11) is 4.85. The summed E-state index contributed by atoms with van der Waals surface area (Å²) >= 11 is 0. The molecule has 0 bridgehead atoms. The lowest BCUT2D eigenvalue weighted by Gasteiger charge is -2.48. The first kappa shape index (κ1) is 61.7. The molecule has 0 spiro atoms. The van der Waals surface area contributed by atoms with Gasteiger partial charge in [-0.1, -0.05) is 0 Å². The molecule has 28 atom stereocenters. The molecular formula is C44H87N13O18. The summed E-state index contributed by atoms with van der Waals surface area (Å²) in [5.41, 5.74) is 26.6. The quantitative estimate of drug-likeness (QED) is 0.0288. The first-order chi connectivity index (χ1) is 35.3. The number of nitrogens with two attached hydrogens (primary N) is 5. The highest BCUT2D eigenvalue weighted by Crippen LogP contribution is 2.40. The zero-order chi connectivity index (χ0) is 55.4. The minimum atomic E-state index is -2.05. The van der Waals surface area contributed by atoms with Gasteiger partial charge < -0.3 is 150 Å². The van der Waals surface area contributed by atoms with Crippen molar-refractivity contribution in [2.75, 3.05) is 54.0 Å². The van der Waals surface area contributed by atoms with Gasteiger partial charge in [-0.15, -0.1) is 0 Å². The number of hydrogen-bond acceptors (Lipinski definition) is 27. The van der Waals surface area contributed by atoms with Crippen molar-refractivity contribution in [3.63, 3.8) is 0 Å². The first-order valence-electron chi connectivity index (χ1n) is 25.5. The van der Waals surface area contributed by atoms with Crippen LogP contribution >= 0.6 is 0 Å². The van der Waals surface area contributed by atoms with E-state index in [1.807, 2.05) is 6.92 Å². The number of ether oxygens (including phenoxy) is 8. The number of guanidine groups is 2. The molecule has 27 N–H and O–H groups in total. The molecule has 4 saturated heterocycles. The van der Waals surface area contributed by atoms with E-state index >= 15 is 0 Å². The Bertz CT molecular complexity index is 1840. The molecule has 75 heavy (non-hydrogen) atoms. The van der Waals surface area contributed by atoms with Crippen LogP contribution in [0.15, 0.2) is 4.99 Å². The zero-order valence-electron chi connectivity index (χ0n) is 43.2. The van der Waals surface area contributed by atoms with Crippen molar-refractivity contribution >= 4 is 11.9 Å². The molecule has 31 heteroatoms. The van der Waals surface area contributed by atoms with Crippen LogP contribution < -0.4 is 60.6 Å². The van der Waals surface area contributed by atoms with Crippen molar-refractivity contribution in [3.05, 3.63) is 0 Å². The van der Waals surface area contributed by atoms with E-state index in [9.17, 15) is 51.1 Å². The number of aliphatic imine (C=N–C) groups is 1. The van der Waals surface area contributed by atoms with Crippen LogP contribution in [-0.2, 0) is 37.9 Å². The van der Waals surface area contributed by atoms with Crippen LogP contribution in [0.25, 0.3) is 0 Å². The van der Waals surface area contributed by atoms with Gasteiger partial charge in [-0.25, -0.2) is 4.99 Å². The Kier molecular flexibility index (Phi) is 21.6. The molecule has 2 aliphatic carbocycles. The first-order valence-corrected chi connectivity index (χ1v) is 25.5. The molecule has 0 aromatic heterocycles. The van der Waals surface area contributed by atoms with E-state index in [0.717, 1.165) is 0 Å². The smallest absolute Gasteiger partial charge is 0.187 e. The number of likely N-dealkylation sites (N-methyl/N-ethyl adjacent to an activating group) is 3. The molecule has 2 saturated carbocycles. The number of hydrogen-bond donors (Lipinski definition) is 22. The van der Waals surface area contributed by atoms with E-state index in [2.05, 4.69) is 36.9 Å². The summed E-state index contributed by atoms with van der Waals surface area (Å²) in [6.45, 7) is 4.26. The lowest BCUT2D eigenvalue weighted by Crippen LogP contribution is -2.70. The minimum absolute atomic E-state index is 0.0883. The van der Waals surface area contributed by atoms with Crippen LogP contribution in [0.5, 0.6) is 0 Å². The fraction of sp³-hybridized carbons (Fsp3) is 0.955. The molecule has 0 radical (unpaired) electrons. The fourth-order valence-electron chi connectivity index (χ4n) is 11.1. The van der Waals surface area contributed by atoms with Gasteiger partial charge in [-0.3, -0.25) is 5.41 Å². The second kappa shape index (κ2) is 26.2. The van der Waals surface area contributed by atoms with Crippen LogP contribution in [0, 0.1) is 5.41 Å². The molecule has 0 amide bonds. The minimum Gasteiger partial charge on any atom is -0.394 e. The molecule has 4 heterocycles. The van der Waals surface area contributed by atoms with Crippen LogP contribution in [-0.4, -0.2) is 287 Å². The second-order valence-corrected chi connectivity index (χ2v) is 20.9. The number of nitrogens with one attached hydrogen (secondary N) is 7. The Morgan fingerprint density at radius 2 is 1.39 bits per heavy atom. The van der Waals surface area contributed by atoms with Gasteiger partial charge in [0.25, 0.3) is 0 Å². The Balaban J connectivity index is 1.18. The largest absolute Gasteiger partial charge is 0.394 e. The third kappa shape index (κ3) is 13.6. The van der Waals surface area contributed by atoms with E-state index in [1.54, 1.807) is 14.1 Å². The topological polar surface area (TPSA) is 515 Å². The van der Waals surface area contributed by atoms with Gasteiger partial charge >= 0.3 is 0 Å². The maximum atomic E-state index is 12.6. The summed E-state index contributed by atoms with van der Waals surface area (Å²) in [4.78, 5) is 4.06. The van der Waals surface area contributed by atoms with Gasteiger partial charge in [0.2, 0.25) is 0 Å². The normalized spacial score (nSPS) is 48.0. The summed E-state index contributed by atoms with van der Waals surface area (Å²) in [6.07, 6.45) is -23.4. The molecular weight excluding hydrogens is 999 g/mol. The highest BCUT2D eigenvalue weighted by Gasteiger charge is 2.61. The predicted octanol–water partition coefficient (Wildman–Crippen LogP) is -11.2. The Morgan fingerprint density at radius 3 is 1.99 bits per heavy atom. The number of rotatable bonds is 21. The molecule has 4 aliphatic heterocycles. The van der Waals surface area contributed by atoms with E-state index < -0.39 is 177 Å². The molecule has 6 rings (SSSR count). The Labute approximate surface area is 435 Å². The molecule has 31 nitrogen and oxygen atoms in total. The van der Waals surface area contributed by atoms with Gasteiger partial charge in [0.1, 0.15) is 90.5 Å². The molecule has 6 aliphatic rings. The Morgan fingerprint density at radius 1 is 0.747 bits per heavy atom. The zero-order valence-corrected chi connectivity index (χ0v) is 43.2. The van der Waals surface area contributed by atoms with Crippen LogP contribution in [0.3, 0.4) is 0 Å². The fourth-order valence-corrected chi connectivity index (χ4v) is 11.1. The van der Waals surface area contributed by atoms with Crippen molar-refractivity contribution in [3.8, 4) is 0 Å². The average Bonchev–Trinajstić information content (AvgIpc) is 3.58. The third-order valence-electron chi connectivity index (χ3n) is 15.6. The highest BCUT2D eigenvalue weighted by molar-refractivity contribution is 5.76. The van der Waals surface area contributed by atoms with E-state index in [4.69, 9.17) is 72.0 Å². The van der Waals surface area contributed by atoms with Crippen molar-refractivity contribution < 1.29 is 89.0 Å². The monoisotopic (exact) mass is 1090 g/mol.